The molecule has 0 aromatic heterocycles. The molecule has 1 aliphatic heterocycles. The van der Waals surface area contributed by atoms with E-state index in [0.29, 0.717) is 23.1 Å². The number of amides is 3. The fraction of sp³-hybridized carbons (Fsp3) is 0.400. The van der Waals surface area contributed by atoms with Crippen molar-refractivity contribution >= 4 is 35.0 Å². The molecule has 1 fully saturated rings. The van der Waals surface area contributed by atoms with Crippen LogP contribution in [0.3, 0.4) is 0 Å². The van der Waals surface area contributed by atoms with Crippen LogP contribution < -0.4 is 9.64 Å². The van der Waals surface area contributed by atoms with Crippen molar-refractivity contribution in [3.05, 3.63) is 59.1 Å². The average Bonchev–Trinajstić information content (AvgIpc) is 3.01. The maximum Gasteiger partial charge on any atom is 0.257 e. The van der Waals surface area contributed by atoms with E-state index < -0.39 is 11.9 Å². The van der Waals surface area contributed by atoms with Crippen LogP contribution in [0.15, 0.2) is 48.5 Å². The van der Waals surface area contributed by atoms with Crippen molar-refractivity contribution in [1.29, 1.82) is 0 Å². The van der Waals surface area contributed by atoms with Crippen LogP contribution in [-0.4, -0.2) is 35.3 Å². The second-order valence-corrected chi connectivity index (χ2v) is 9.47. The van der Waals surface area contributed by atoms with Crippen LogP contribution in [0.4, 0.5) is 5.69 Å². The molecule has 6 nitrogen and oxygen atoms in total. The minimum atomic E-state index is -0.875. The number of benzene rings is 2. The number of carbonyl (C=O) groups excluding carboxylic acids is 3. The predicted octanol–water partition coefficient (Wildman–Crippen LogP) is 4.84. The van der Waals surface area contributed by atoms with Crippen molar-refractivity contribution in [1.82, 2.24) is 4.90 Å². The van der Waals surface area contributed by atoms with Gasteiger partial charge in [-0.3, -0.25) is 14.4 Å². The van der Waals surface area contributed by atoms with Crippen LogP contribution >= 0.6 is 11.6 Å². The van der Waals surface area contributed by atoms with Gasteiger partial charge >= 0.3 is 0 Å². The van der Waals surface area contributed by atoms with Crippen LogP contribution in [0.5, 0.6) is 5.75 Å². The van der Waals surface area contributed by atoms with Crippen LogP contribution in [-0.2, 0) is 20.9 Å². The number of hydrogen-bond donors (Lipinski definition) is 0. The molecule has 0 N–H and O–H groups in total. The fourth-order valence-electron chi connectivity index (χ4n) is 3.73. The van der Waals surface area contributed by atoms with Gasteiger partial charge in [0.1, 0.15) is 11.8 Å². The quantitative estimate of drug-likeness (QED) is 0.559. The van der Waals surface area contributed by atoms with E-state index in [-0.39, 0.29) is 36.6 Å². The summed E-state index contributed by atoms with van der Waals surface area (Å²) in [5.41, 5.74) is 0.930. The molecule has 3 rings (SSSR count). The van der Waals surface area contributed by atoms with Gasteiger partial charge in [0.05, 0.1) is 18.7 Å². The summed E-state index contributed by atoms with van der Waals surface area (Å²) < 4.78 is 5.44. The van der Waals surface area contributed by atoms with E-state index in [1.165, 1.54) is 4.90 Å². The fourth-order valence-corrected chi connectivity index (χ4v) is 3.92. The molecule has 32 heavy (non-hydrogen) atoms. The summed E-state index contributed by atoms with van der Waals surface area (Å²) in [6.45, 7) is 8.46. The van der Waals surface area contributed by atoms with E-state index in [9.17, 15) is 14.4 Å². The van der Waals surface area contributed by atoms with Crippen LogP contribution in [0, 0.1) is 5.41 Å². The Morgan fingerprint density at radius 1 is 1.12 bits per heavy atom. The first-order valence-corrected chi connectivity index (χ1v) is 11.1. The molecule has 1 unspecified atom stereocenters. The Hall–Kier alpha value is -2.86. The summed E-state index contributed by atoms with van der Waals surface area (Å²) >= 11 is 6.33. The van der Waals surface area contributed by atoms with Crippen molar-refractivity contribution in [2.24, 2.45) is 5.41 Å². The maximum absolute atomic E-state index is 13.4. The molecule has 1 aliphatic rings. The number of halogens is 1. The van der Waals surface area contributed by atoms with Crippen LogP contribution in [0.2, 0.25) is 5.02 Å². The number of anilines is 1. The molecule has 7 heteroatoms. The number of ether oxygens (including phenoxy) is 1. The summed E-state index contributed by atoms with van der Waals surface area (Å²) in [6, 6.07) is 13.1. The lowest BCUT2D eigenvalue weighted by atomic mass is 9.91. The average molecular weight is 457 g/mol. The number of nitrogens with zero attached hydrogens (tertiary/aromatic N) is 2. The van der Waals surface area contributed by atoms with Crippen molar-refractivity contribution < 1.29 is 19.1 Å². The minimum absolute atomic E-state index is 0.0631. The van der Waals surface area contributed by atoms with Gasteiger partial charge in [0.25, 0.3) is 5.91 Å². The largest absolute Gasteiger partial charge is 0.494 e. The molecule has 2 aromatic rings. The molecule has 1 atom stereocenters. The monoisotopic (exact) mass is 456 g/mol. The lowest BCUT2D eigenvalue weighted by Crippen LogP contribution is -2.46. The van der Waals surface area contributed by atoms with Gasteiger partial charge in [-0.1, -0.05) is 50.6 Å². The summed E-state index contributed by atoms with van der Waals surface area (Å²) in [5.74, 6) is -0.268. The summed E-state index contributed by atoms with van der Waals surface area (Å²) in [4.78, 5) is 42.1. The molecular weight excluding hydrogens is 428 g/mol. The predicted molar refractivity (Wildman–Crippen MR) is 125 cm³/mol. The third kappa shape index (κ3) is 5.49. The Labute approximate surface area is 194 Å². The van der Waals surface area contributed by atoms with E-state index in [1.54, 1.807) is 30.3 Å². The van der Waals surface area contributed by atoms with Gasteiger partial charge in [0, 0.05) is 18.0 Å². The van der Waals surface area contributed by atoms with Crippen molar-refractivity contribution in [3.8, 4) is 5.75 Å². The third-order valence-corrected chi connectivity index (χ3v) is 5.57. The van der Waals surface area contributed by atoms with Gasteiger partial charge in [0.2, 0.25) is 11.8 Å². The first-order valence-electron chi connectivity index (χ1n) is 10.7. The highest BCUT2D eigenvalue weighted by atomic mass is 35.5. The maximum atomic E-state index is 13.4. The Balaban J connectivity index is 1.90. The van der Waals surface area contributed by atoms with Gasteiger partial charge in [0.15, 0.2) is 0 Å². The van der Waals surface area contributed by atoms with E-state index in [4.69, 9.17) is 16.3 Å². The normalized spacial score (nSPS) is 16.4. The Kier molecular flexibility index (Phi) is 7.24. The standard InChI is InChI=1S/C25H29ClN2O4/c1-5-32-19-12-10-18(11-13-19)28-22(29)14-21(24(28)31)27(23(30)15-25(2,3)4)16-17-8-6-7-9-20(17)26/h6-13,21H,5,14-16H2,1-4H3. The first kappa shape index (κ1) is 23.8. The molecule has 170 valence electrons. The number of carbonyl (C=O) groups is 3. The van der Waals surface area contributed by atoms with Gasteiger partial charge in [-0.05, 0) is 48.2 Å². The van der Waals surface area contributed by atoms with E-state index in [1.807, 2.05) is 45.9 Å². The molecule has 2 aromatic carbocycles. The molecule has 0 radical (unpaired) electrons. The molecule has 0 spiro atoms. The second-order valence-electron chi connectivity index (χ2n) is 9.06. The molecule has 0 bridgehead atoms. The van der Waals surface area contributed by atoms with Gasteiger partial charge < -0.3 is 9.64 Å². The highest BCUT2D eigenvalue weighted by Crippen LogP contribution is 2.31. The summed E-state index contributed by atoms with van der Waals surface area (Å²) in [6.07, 6.45) is 0.185. The molecule has 3 amide bonds. The molecule has 0 aliphatic carbocycles. The zero-order valence-corrected chi connectivity index (χ0v) is 19.7. The van der Waals surface area contributed by atoms with E-state index >= 15 is 0 Å². The number of hydrogen-bond acceptors (Lipinski definition) is 4. The van der Waals surface area contributed by atoms with Crippen LogP contribution in [0.1, 0.15) is 46.1 Å². The lowest BCUT2D eigenvalue weighted by Gasteiger charge is -2.30. The molecule has 0 saturated carbocycles. The zero-order valence-electron chi connectivity index (χ0n) is 18.9. The van der Waals surface area contributed by atoms with Gasteiger partial charge in [-0.25, -0.2) is 4.90 Å². The first-order chi connectivity index (χ1) is 15.1. The third-order valence-electron chi connectivity index (χ3n) is 5.21. The smallest absolute Gasteiger partial charge is 0.257 e. The summed E-state index contributed by atoms with van der Waals surface area (Å²) in [7, 11) is 0. The van der Waals surface area contributed by atoms with Crippen molar-refractivity contribution in [3.63, 3.8) is 0 Å². The molecule has 1 heterocycles. The number of imide groups is 1. The van der Waals surface area contributed by atoms with E-state index in [2.05, 4.69) is 0 Å². The lowest BCUT2D eigenvalue weighted by molar-refractivity contribution is -0.140. The van der Waals surface area contributed by atoms with Gasteiger partial charge in [-0.15, -0.1) is 0 Å². The van der Waals surface area contributed by atoms with E-state index in [0.717, 1.165) is 10.5 Å². The highest BCUT2D eigenvalue weighted by Gasteiger charge is 2.44. The topological polar surface area (TPSA) is 66.9 Å². The van der Waals surface area contributed by atoms with Crippen molar-refractivity contribution in [2.75, 3.05) is 11.5 Å². The SMILES string of the molecule is CCOc1ccc(N2C(=O)CC(N(Cc3ccccc3Cl)C(=O)CC(C)(C)C)C2=O)cc1. The molecule has 1 saturated heterocycles. The molecular formula is C25H29ClN2O4. The Morgan fingerprint density at radius 3 is 2.38 bits per heavy atom. The Morgan fingerprint density at radius 2 is 1.78 bits per heavy atom. The van der Waals surface area contributed by atoms with Gasteiger partial charge in [-0.2, -0.15) is 0 Å². The van der Waals surface area contributed by atoms with Crippen LogP contribution in [0.25, 0.3) is 0 Å². The van der Waals surface area contributed by atoms with Crippen molar-refractivity contribution in [2.45, 2.75) is 53.1 Å². The summed E-state index contributed by atoms with van der Waals surface area (Å²) in [5, 5.41) is 0.515. The minimum Gasteiger partial charge on any atom is -0.494 e. The second kappa shape index (κ2) is 9.74. The zero-order chi connectivity index (χ0) is 23.5. The Bertz CT molecular complexity index is 998. The highest BCUT2D eigenvalue weighted by molar-refractivity contribution is 6.31. The number of rotatable bonds is 7.